The van der Waals surface area contributed by atoms with Gasteiger partial charge in [-0.3, -0.25) is 9.97 Å². The standard InChI is InChI=1S/C12H10N2O2/c1-8-11(12(15)16)6-10(7-14-8)9-2-4-13-5-3-9/h2-7H,1H3,(H,15,16). The second-order valence-corrected chi connectivity index (χ2v) is 3.40. The first-order valence-electron chi connectivity index (χ1n) is 4.79. The Labute approximate surface area is 92.6 Å². The molecule has 2 aromatic rings. The molecule has 0 radical (unpaired) electrons. The maximum absolute atomic E-state index is 11.0. The van der Waals surface area contributed by atoms with Crippen molar-refractivity contribution in [2.75, 3.05) is 0 Å². The first-order chi connectivity index (χ1) is 7.68. The van der Waals surface area contributed by atoms with Crippen LogP contribution < -0.4 is 0 Å². The largest absolute Gasteiger partial charge is 0.478 e. The van der Waals surface area contributed by atoms with Gasteiger partial charge in [0, 0.05) is 24.2 Å². The Hall–Kier alpha value is -2.23. The van der Waals surface area contributed by atoms with Gasteiger partial charge in [-0.05, 0) is 30.7 Å². The molecule has 0 saturated carbocycles. The molecule has 0 aliphatic heterocycles. The number of carboxylic acids is 1. The van der Waals surface area contributed by atoms with Crippen LogP contribution in [-0.4, -0.2) is 21.0 Å². The highest BCUT2D eigenvalue weighted by atomic mass is 16.4. The van der Waals surface area contributed by atoms with Crippen LogP contribution >= 0.6 is 0 Å². The van der Waals surface area contributed by atoms with Crippen LogP contribution in [0.3, 0.4) is 0 Å². The third-order valence-electron chi connectivity index (χ3n) is 2.33. The molecule has 0 aliphatic carbocycles. The molecule has 0 fully saturated rings. The van der Waals surface area contributed by atoms with Crippen molar-refractivity contribution in [2.45, 2.75) is 6.92 Å². The molecule has 1 N–H and O–H groups in total. The first-order valence-corrected chi connectivity index (χ1v) is 4.79. The number of hydrogen-bond donors (Lipinski definition) is 1. The number of aromatic carboxylic acids is 1. The van der Waals surface area contributed by atoms with Gasteiger partial charge in [-0.2, -0.15) is 0 Å². The van der Waals surface area contributed by atoms with Crippen LogP contribution in [0.2, 0.25) is 0 Å². The summed E-state index contributed by atoms with van der Waals surface area (Å²) < 4.78 is 0. The molecular weight excluding hydrogens is 204 g/mol. The fourth-order valence-electron chi connectivity index (χ4n) is 1.45. The van der Waals surface area contributed by atoms with Gasteiger partial charge in [0.25, 0.3) is 0 Å². The number of aryl methyl sites for hydroxylation is 1. The third-order valence-corrected chi connectivity index (χ3v) is 2.33. The molecule has 2 rings (SSSR count). The minimum atomic E-state index is -0.957. The molecular formula is C12H10N2O2. The number of pyridine rings is 2. The number of carboxylic acid groups (broad SMARTS) is 1. The summed E-state index contributed by atoms with van der Waals surface area (Å²) in [6.07, 6.45) is 4.99. The molecule has 0 atom stereocenters. The first kappa shape index (κ1) is 10.3. The van der Waals surface area contributed by atoms with E-state index in [4.69, 9.17) is 5.11 Å². The summed E-state index contributed by atoms with van der Waals surface area (Å²) in [5.41, 5.74) is 2.44. The Morgan fingerprint density at radius 2 is 1.94 bits per heavy atom. The average Bonchev–Trinajstić information content (AvgIpc) is 2.30. The predicted octanol–water partition coefficient (Wildman–Crippen LogP) is 2.15. The Bertz CT molecular complexity index is 524. The number of nitrogens with zero attached hydrogens (tertiary/aromatic N) is 2. The van der Waals surface area contributed by atoms with E-state index >= 15 is 0 Å². The fraction of sp³-hybridized carbons (Fsp3) is 0.0833. The third kappa shape index (κ3) is 1.91. The van der Waals surface area contributed by atoms with Crippen LogP contribution in [0.4, 0.5) is 0 Å². The number of aromatic nitrogens is 2. The molecule has 4 nitrogen and oxygen atoms in total. The minimum Gasteiger partial charge on any atom is -0.478 e. The zero-order valence-electron chi connectivity index (χ0n) is 8.71. The Balaban J connectivity index is 2.52. The molecule has 0 spiro atoms. The summed E-state index contributed by atoms with van der Waals surface area (Å²) in [4.78, 5) is 18.9. The number of rotatable bonds is 2. The highest BCUT2D eigenvalue weighted by Gasteiger charge is 2.09. The minimum absolute atomic E-state index is 0.231. The van der Waals surface area contributed by atoms with Gasteiger partial charge in [-0.25, -0.2) is 4.79 Å². The SMILES string of the molecule is Cc1ncc(-c2ccncc2)cc1C(=O)O. The number of hydrogen-bond acceptors (Lipinski definition) is 3. The Morgan fingerprint density at radius 1 is 1.25 bits per heavy atom. The van der Waals surface area contributed by atoms with Crippen molar-refractivity contribution < 1.29 is 9.90 Å². The lowest BCUT2D eigenvalue weighted by atomic mass is 10.1. The second kappa shape index (κ2) is 4.10. The van der Waals surface area contributed by atoms with E-state index in [1.54, 1.807) is 31.6 Å². The highest BCUT2D eigenvalue weighted by molar-refractivity contribution is 5.90. The molecule has 0 bridgehead atoms. The zero-order valence-corrected chi connectivity index (χ0v) is 8.71. The van der Waals surface area contributed by atoms with Crippen molar-refractivity contribution in [1.82, 2.24) is 9.97 Å². The van der Waals surface area contributed by atoms with Crippen molar-refractivity contribution in [3.8, 4) is 11.1 Å². The highest BCUT2D eigenvalue weighted by Crippen LogP contribution is 2.19. The zero-order chi connectivity index (χ0) is 11.5. The molecule has 16 heavy (non-hydrogen) atoms. The second-order valence-electron chi connectivity index (χ2n) is 3.40. The van der Waals surface area contributed by atoms with Crippen molar-refractivity contribution in [2.24, 2.45) is 0 Å². The normalized spacial score (nSPS) is 10.1. The molecule has 0 aromatic carbocycles. The topological polar surface area (TPSA) is 63.1 Å². The summed E-state index contributed by atoms with van der Waals surface area (Å²) in [6, 6.07) is 5.26. The van der Waals surface area contributed by atoms with Crippen LogP contribution in [0.1, 0.15) is 16.1 Å². The van der Waals surface area contributed by atoms with E-state index in [-0.39, 0.29) is 5.56 Å². The molecule has 0 amide bonds. The van der Waals surface area contributed by atoms with E-state index in [2.05, 4.69) is 9.97 Å². The average molecular weight is 214 g/mol. The van der Waals surface area contributed by atoms with E-state index in [1.165, 1.54) is 0 Å². The molecule has 2 aromatic heterocycles. The van der Waals surface area contributed by atoms with Gasteiger partial charge < -0.3 is 5.11 Å². The summed E-state index contributed by atoms with van der Waals surface area (Å²) in [7, 11) is 0. The Kier molecular flexibility index (Phi) is 2.64. The van der Waals surface area contributed by atoms with Crippen molar-refractivity contribution >= 4 is 5.97 Å². The molecule has 4 heteroatoms. The van der Waals surface area contributed by atoms with Crippen molar-refractivity contribution in [1.29, 1.82) is 0 Å². The number of carbonyl (C=O) groups is 1. The van der Waals surface area contributed by atoms with Crippen LogP contribution in [0.5, 0.6) is 0 Å². The van der Waals surface area contributed by atoms with Gasteiger partial charge >= 0.3 is 5.97 Å². The van der Waals surface area contributed by atoms with E-state index in [0.717, 1.165) is 11.1 Å². The van der Waals surface area contributed by atoms with Gasteiger partial charge in [0.1, 0.15) is 0 Å². The van der Waals surface area contributed by atoms with Gasteiger partial charge in [0.2, 0.25) is 0 Å². The maximum Gasteiger partial charge on any atom is 0.337 e. The molecule has 2 heterocycles. The lowest BCUT2D eigenvalue weighted by molar-refractivity contribution is 0.0695. The molecule has 80 valence electrons. The van der Waals surface area contributed by atoms with Gasteiger partial charge in [-0.1, -0.05) is 0 Å². The smallest absolute Gasteiger partial charge is 0.337 e. The van der Waals surface area contributed by atoms with Crippen molar-refractivity contribution in [3.63, 3.8) is 0 Å². The quantitative estimate of drug-likeness (QED) is 0.831. The van der Waals surface area contributed by atoms with E-state index in [0.29, 0.717) is 5.69 Å². The monoisotopic (exact) mass is 214 g/mol. The molecule has 0 saturated heterocycles. The van der Waals surface area contributed by atoms with Crippen LogP contribution in [-0.2, 0) is 0 Å². The van der Waals surface area contributed by atoms with Crippen LogP contribution in [0, 0.1) is 6.92 Å². The molecule has 0 unspecified atom stereocenters. The van der Waals surface area contributed by atoms with E-state index in [1.807, 2.05) is 12.1 Å². The van der Waals surface area contributed by atoms with E-state index < -0.39 is 5.97 Å². The molecule has 0 aliphatic rings. The summed E-state index contributed by atoms with van der Waals surface area (Å²) >= 11 is 0. The predicted molar refractivity (Wildman–Crippen MR) is 59.2 cm³/mol. The fourth-order valence-corrected chi connectivity index (χ4v) is 1.45. The lowest BCUT2D eigenvalue weighted by Crippen LogP contribution is -2.01. The van der Waals surface area contributed by atoms with E-state index in [9.17, 15) is 4.79 Å². The van der Waals surface area contributed by atoms with Crippen LogP contribution in [0.25, 0.3) is 11.1 Å². The Morgan fingerprint density at radius 3 is 2.56 bits per heavy atom. The van der Waals surface area contributed by atoms with Gasteiger partial charge in [0.05, 0.1) is 11.3 Å². The summed E-state index contributed by atoms with van der Waals surface area (Å²) in [5, 5.41) is 8.98. The van der Waals surface area contributed by atoms with Gasteiger partial charge in [0.15, 0.2) is 0 Å². The van der Waals surface area contributed by atoms with Gasteiger partial charge in [-0.15, -0.1) is 0 Å². The van der Waals surface area contributed by atoms with Crippen LogP contribution in [0.15, 0.2) is 36.8 Å². The maximum atomic E-state index is 11.0. The lowest BCUT2D eigenvalue weighted by Gasteiger charge is -2.04. The van der Waals surface area contributed by atoms with Crippen molar-refractivity contribution in [3.05, 3.63) is 48.0 Å². The summed E-state index contributed by atoms with van der Waals surface area (Å²) in [5.74, 6) is -0.957. The summed E-state index contributed by atoms with van der Waals surface area (Å²) in [6.45, 7) is 1.68.